The molecule has 3 aliphatic rings. The second-order valence-corrected chi connectivity index (χ2v) is 8.46. The van der Waals surface area contributed by atoms with Gasteiger partial charge >= 0.3 is 6.08 Å². The van der Waals surface area contributed by atoms with Crippen LogP contribution in [0.4, 0.5) is 4.39 Å². The summed E-state index contributed by atoms with van der Waals surface area (Å²) >= 11 is 0. The van der Waals surface area contributed by atoms with Crippen LogP contribution in [-0.4, -0.2) is 35.4 Å². The van der Waals surface area contributed by atoms with Crippen LogP contribution in [0.25, 0.3) is 0 Å². The van der Waals surface area contributed by atoms with Crippen molar-refractivity contribution < 1.29 is 27.8 Å². The maximum Gasteiger partial charge on any atom is 0.420 e. The number of carbonyl (C=O) groups is 1. The van der Waals surface area contributed by atoms with E-state index in [9.17, 15) is 9.18 Å². The Hall–Kier alpha value is -3.62. The van der Waals surface area contributed by atoms with Crippen LogP contribution >= 0.6 is 0 Å². The molecule has 9 heteroatoms. The van der Waals surface area contributed by atoms with Gasteiger partial charge < -0.3 is 23.9 Å². The number of halogens is 1. The first kappa shape index (κ1) is 20.3. The van der Waals surface area contributed by atoms with Crippen molar-refractivity contribution >= 4 is 5.91 Å². The van der Waals surface area contributed by atoms with E-state index in [1.54, 1.807) is 38.3 Å². The highest BCUT2D eigenvalue weighted by atomic mass is 19.1. The van der Waals surface area contributed by atoms with Crippen LogP contribution in [0, 0.1) is 12.7 Å². The number of methoxy groups -OCH3 is 1. The van der Waals surface area contributed by atoms with Gasteiger partial charge in [0.15, 0.2) is 18.1 Å². The molecule has 2 aromatic carbocycles. The number of para-hydroxylation sites is 2. The minimum atomic E-state index is -0.363. The van der Waals surface area contributed by atoms with E-state index in [1.807, 2.05) is 12.1 Å². The lowest BCUT2D eigenvalue weighted by atomic mass is 9.39. The van der Waals surface area contributed by atoms with Gasteiger partial charge in [-0.3, -0.25) is 4.79 Å². The minimum Gasteiger partial charge on any atom is -0.493 e. The molecule has 8 nitrogen and oxygen atoms in total. The molecule has 3 saturated carbocycles. The predicted molar refractivity (Wildman–Crippen MR) is 110 cm³/mol. The fourth-order valence-electron chi connectivity index (χ4n) is 4.55. The first-order valence-corrected chi connectivity index (χ1v) is 10.3. The summed E-state index contributed by atoms with van der Waals surface area (Å²) in [5.74, 6) is 1.27. The Balaban J connectivity index is 1.14. The van der Waals surface area contributed by atoms with Gasteiger partial charge in [0.25, 0.3) is 5.91 Å². The van der Waals surface area contributed by atoms with Gasteiger partial charge in [0.2, 0.25) is 5.89 Å². The number of aryl methyl sites for hydroxylation is 1. The van der Waals surface area contributed by atoms with Gasteiger partial charge in [-0.05, 0) is 49.9 Å². The quantitative estimate of drug-likeness (QED) is 0.572. The van der Waals surface area contributed by atoms with E-state index in [-0.39, 0.29) is 35.4 Å². The van der Waals surface area contributed by atoms with Gasteiger partial charge in [0.05, 0.1) is 12.5 Å². The number of amides is 1. The summed E-state index contributed by atoms with van der Waals surface area (Å²) in [6.45, 7) is 1.50. The van der Waals surface area contributed by atoms with Crippen molar-refractivity contribution in [3.63, 3.8) is 0 Å². The van der Waals surface area contributed by atoms with Crippen LogP contribution in [0.5, 0.6) is 23.3 Å². The first-order valence-electron chi connectivity index (χ1n) is 10.3. The maximum absolute atomic E-state index is 13.6. The molecule has 32 heavy (non-hydrogen) atoms. The predicted octanol–water partition coefficient (Wildman–Crippen LogP) is 3.69. The zero-order valence-corrected chi connectivity index (χ0v) is 17.7. The third-order valence-electron chi connectivity index (χ3n) is 6.07. The molecule has 166 valence electrons. The summed E-state index contributed by atoms with van der Waals surface area (Å²) in [6.07, 6.45) is 2.18. The fourth-order valence-corrected chi connectivity index (χ4v) is 4.55. The van der Waals surface area contributed by atoms with Crippen LogP contribution < -0.4 is 19.5 Å². The highest BCUT2D eigenvalue weighted by Gasteiger charge is 2.71. The normalized spacial score (nSPS) is 23.0. The molecule has 3 fully saturated rings. The highest BCUT2D eigenvalue weighted by molar-refractivity contribution is 5.79. The number of carbonyl (C=O) groups excluding carboxylic acids is 1. The lowest BCUT2D eigenvalue weighted by molar-refractivity contribution is -0.143. The highest BCUT2D eigenvalue weighted by Crippen LogP contribution is 2.67. The molecular formula is C23H22FN3O5. The molecule has 1 amide bonds. The number of benzene rings is 2. The number of aromatic nitrogens is 2. The van der Waals surface area contributed by atoms with Crippen molar-refractivity contribution in [1.82, 2.24) is 15.5 Å². The molecule has 0 spiro atoms. The van der Waals surface area contributed by atoms with Crippen molar-refractivity contribution in [2.75, 3.05) is 13.7 Å². The van der Waals surface area contributed by atoms with Gasteiger partial charge in [0.1, 0.15) is 11.6 Å². The van der Waals surface area contributed by atoms with Crippen LogP contribution in [0.1, 0.15) is 30.7 Å². The fraction of sp³-hybridized carbons (Fsp3) is 0.348. The molecule has 0 radical (unpaired) electrons. The number of hydrogen-bond acceptors (Lipinski definition) is 7. The molecule has 3 aliphatic carbocycles. The van der Waals surface area contributed by atoms with E-state index >= 15 is 0 Å². The van der Waals surface area contributed by atoms with Crippen LogP contribution in [0.15, 0.2) is 46.9 Å². The topological polar surface area (TPSA) is 95.7 Å². The summed E-state index contributed by atoms with van der Waals surface area (Å²) in [5.41, 5.74) is 0.0132. The van der Waals surface area contributed by atoms with Crippen LogP contribution in [0.2, 0.25) is 0 Å². The molecule has 2 bridgehead atoms. The monoisotopic (exact) mass is 439 g/mol. The molecule has 6 rings (SSSR count). The van der Waals surface area contributed by atoms with Gasteiger partial charge in [-0.25, -0.2) is 4.39 Å². The Morgan fingerprint density at radius 3 is 2.62 bits per heavy atom. The smallest absolute Gasteiger partial charge is 0.420 e. The summed E-state index contributed by atoms with van der Waals surface area (Å²) in [7, 11) is 1.56. The zero-order chi connectivity index (χ0) is 22.3. The Bertz CT molecular complexity index is 1160. The molecule has 0 unspecified atom stereocenters. The van der Waals surface area contributed by atoms with Crippen molar-refractivity contribution in [2.24, 2.45) is 0 Å². The Morgan fingerprint density at radius 1 is 1.16 bits per heavy atom. The summed E-state index contributed by atoms with van der Waals surface area (Å²) in [4.78, 5) is 12.3. The molecule has 3 aromatic rings. The van der Waals surface area contributed by atoms with Crippen molar-refractivity contribution in [2.45, 2.75) is 37.1 Å². The summed E-state index contributed by atoms with van der Waals surface area (Å²) in [6, 6.07) is 11.7. The van der Waals surface area contributed by atoms with Crippen molar-refractivity contribution in [1.29, 1.82) is 0 Å². The maximum atomic E-state index is 13.6. The second kappa shape index (κ2) is 7.51. The average molecular weight is 439 g/mol. The van der Waals surface area contributed by atoms with Crippen LogP contribution in [-0.2, 0) is 10.2 Å². The van der Waals surface area contributed by atoms with E-state index in [0.717, 1.165) is 0 Å². The van der Waals surface area contributed by atoms with Gasteiger partial charge in [0, 0.05) is 11.6 Å². The molecule has 1 N–H and O–H groups in total. The third kappa shape index (κ3) is 3.53. The van der Waals surface area contributed by atoms with Crippen molar-refractivity contribution in [3.8, 4) is 23.3 Å². The third-order valence-corrected chi connectivity index (χ3v) is 6.07. The Kier molecular flexibility index (Phi) is 4.76. The lowest BCUT2D eigenvalue weighted by Gasteiger charge is -2.68. The standard InChI is InChI=1S/C23H22FN3O5/c1-14-7-8-15(9-16(14)24)30-10-19(28)25-23-11-22(12-23,13-23)20-26-27-21(32-20)31-18-6-4-3-5-17(18)29-2/h3-9H,10-13H2,1-2H3,(H,25,28). The second-order valence-electron chi connectivity index (χ2n) is 8.46. The Morgan fingerprint density at radius 2 is 1.91 bits per heavy atom. The number of nitrogens with zero attached hydrogens (tertiary/aromatic N) is 2. The van der Waals surface area contributed by atoms with E-state index in [0.29, 0.717) is 48.0 Å². The summed E-state index contributed by atoms with van der Waals surface area (Å²) < 4.78 is 35.7. The van der Waals surface area contributed by atoms with Gasteiger partial charge in [-0.1, -0.05) is 23.3 Å². The van der Waals surface area contributed by atoms with Gasteiger partial charge in [-0.2, -0.15) is 0 Å². The number of hydrogen-bond donors (Lipinski definition) is 1. The summed E-state index contributed by atoms with van der Waals surface area (Å²) in [5, 5.41) is 11.1. The lowest BCUT2D eigenvalue weighted by Crippen LogP contribution is -2.77. The molecule has 0 saturated heterocycles. The van der Waals surface area contributed by atoms with E-state index in [4.69, 9.17) is 18.6 Å². The number of rotatable bonds is 8. The molecule has 1 aromatic heterocycles. The molecule has 0 atom stereocenters. The molecule has 1 heterocycles. The minimum absolute atomic E-state index is 0.0473. The largest absolute Gasteiger partial charge is 0.493 e. The molecular weight excluding hydrogens is 417 g/mol. The van der Waals surface area contributed by atoms with E-state index in [2.05, 4.69) is 15.5 Å². The van der Waals surface area contributed by atoms with E-state index in [1.165, 1.54) is 6.07 Å². The SMILES string of the molecule is COc1ccccc1Oc1nnc(C23CC(NC(=O)COc4ccc(C)c(F)c4)(C2)C3)o1. The molecule has 0 aliphatic heterocycles. The van der Waals surface area contributed by atoms with Gasteiger partial charge in [-0.15, -0.1) is 5.10 Å². The van der Waals surface area contributed by atoms with Crippen LogP contribution in [0.3, 0.4) is 0 Å². The van der Waals surface area contributed by atoms with Crippen molar-refractivity contribution in [3.05, 3.63) is 59.7 Å². The zero-order valence-electron chi connectivity index (χ0n) is 17.7. The number of ether oxygens (including phenoxy) is 3. The first-order chi connectivity index (χ1) is 15.4. The average Bonchev–Trinajstić information content (AvgIpc) is 3.19. The Labute approximate surface area is 183 Å². The number of nitrogens with one attached hydrogen (secondary N) is 1. The van der Waals surface area contributed by atoms with E-state index < -0.39 is 0 Å².